The summed E-state index contributed by atoms with van der Waals surface area (Å²) in [7, 11) is 0.761. The summed E-state index contributed by atoms with van der Waals surface area (Å²) in [5, 5.41) is 14.3. The average Bonchev–Trinajstić information content (AvgIpc) is 3.25. The van der Waals surface area contributed by atoms with Gasteiger partial charge in [0, 0.05) is 43.4 Å². The number of likely N-dealkylation sites (tertiary alicyclic amines) is 1. The maximum atomic E-state index is 11.9. The number of pyridine rings is 1. The molecule has 1 saturated heterocycles. The van der Waals surface area contributed by atoms with Crippen molar-refractivity contribution >= 4 is 29.6 Å². The van der Waals surface area contributed by atoms with Crippen LogP contribution in [0, 0.1) is 11.3 Å². The van der Waals surface area contributed by atoms with Crippen LogP contribution in [0.5, 0.6) is 0 Å². The molecule has 3 N–H and O–H groups in total. The molecule has 3 aliphatic rings. The van der Waals surface area contributed by atoms with Crippen molar-refractivity contribution in [1.29, 1.82) is 0 Å². The summed E-state index contributed by atoms with van der Waals surface area (Å²) in [6, 6.07) is 2.02. The van der Waals surface area contributed by atoms with Gasteiger partial charge in [0.05, 0.1) is 5.60 Å². The maximum Gasteiger partial charge on any atom is 0.493 e. The molecular weight excluding hydrogens is 331 g/mol. The summed E-state index contributed by atoms with van der Waals surface area (Å²) in [4.78, 5) is 21.3. The molecule has 2 unspecified atom stereocenters. The Balaban J connectivity index is 1.48. The second kappa shape index (κ2) is 5.23. The van der Waals surface area contributed by atoms with Crippen molar-refractivity contribution in [3.05, 3.63) is 24.0 Å². The Morgan fingerprint density at radius 1 is 1.50 bits per heavy atom. The first-order chi connectivity index (χ1) is 12.5. The number of aromatic amines is 1. The number of nitrogens with zero attached hydrogens (tertiary/aromatic N) is 2. The molecule has 2 amide bonds. The second-order valence-corrected chi connectivity index (χ2v) is 7.99. The van der Waals surface area contributed by atoms with Crippen molar-refractivity contribution in [2.75, 3.05) is 20.1 Å². The third kappa shape index (κ3) is 1.86. The quantitative estimate of drug-likeness (QED) is 0.614. The van der Waals surface area contributed by atoms with Gasteiger partial charge in [0.2, 0.25) is 0 Å². The number of fused-ring (bicyclic) bond motifs is 4. The van der Waals surface area contributed by atoms with E-state index in [0.29, 0.717) is 0 Å². The van der Waals surface area contributed by atoms with Crippen molar-refractivity contribution in [3.63, 3.8) is 0 Å². The Morgan fingerprint density at radius 3 is 2.96 bits per heavy atom. The van der Waals surface area contributed by atoms with Crippen LogP contribution in [-0.2, 0) is 10.3 Å². The molecule has 0 radical (unpaired) electrons. The van der Waals surface area contributed by atoms with Crippen molar-refractivity contribution in [2.45, 2.75) is 31.8 Å². The van der Waals surface area contributed by atoms with E-state index in [1.165, 1.54) is 0 Å². The fourth-order valence-corrected chi connectivity index (χ4v) is 5.57. The van der Waals surface area contributed by atoms with Gasteiger partial charge in [-0.2, -0.15) is 0 Å². The molecule has 2 fully saturated rings. The SMILES string of the molecule is CNC(=O)N1CCC2(CC1)CC1(OB(O)c3cnc4[nH]ccc4c31)C2C. The minimum absolute atomic E-state index is 0.000436. The molecule has 4 heterocycles. The number of H-pyrrole nitrogens is 1. The molecule has 2 aromatic rings. The minimum Gasteiger partial charge on any atom is -0.423 e. The molecule has 8 heteroatoms. The van der Waals surface area contributed by atoms with Gasteiger partial charge >= 0.3 is 13.1 Å². The van der Waals surface area contributed by atoms with Crippen molar-refractivity contribution in [1.82, 2.24) is 20.2 Å². The van der Waals surface area contributed by atoms with E-state index in [4.69, 9.17) is 4.65 Å². The molecule has 2 aromatic heterocycles. The zero-order valence-corrected chi connectivity index (χ0v) is 15.1. The number of aromatic nitrogens is 2. The molecule has 0 aromatic carbocycles. The van der Waals surface area contributed by atoms with Crippen molar-refractivity contribution in [2.24, 2.45) is 11.3 Å². The van der Waals surface area contributed by atoms with Gasteiger partial charge in [0.15, 0.2) is 0 Å². The number of amides is 2. The largest absolute Gasteiger partial charge is 0.493 e. The summed E-state index contributed by atoms with van der Waals surface area (Å²) in [6.07, 6.45) is 6.45. The monoisotopic (exact) mass is 354 g/mol. The Hall–Kier alpha value is -2.06. The minimum atomic E-state index is -0.914. The Labute approximate surface area is 152 Å². The van der Waals surface area contributed by atoms with Crippen LogP contribution in [0.3, 0.4) is 0 Å². The molecule has 0 bridgehead atoms. The molecule has 136 valence electrons. The van der Waals surface area contributed by atoms with Crippen LogP contribution in [0.4, 0.5) is 4.79 Å². The highest BCUT2D eigenvalue weighted by molar-refractivity contribution is 6.62. The summed E-state index contributed by atoms with van der Waals surface area (Å²) >= 11 is 0. The van der Waals surface area contributed by atoms with Crippen LogP contribution < -0.4 is 10.8 Å². The second-order valence-electron chi connectivity index (χ2n) is 7.99. The molecule has 2 aliphatic heterocycles. The van der Waals surface area contributed by atoms with E-state index in [-0.39, 0.29) is 17.4 Å². The standard InChI is InChI=1S/C18H23BN4O3/c1-11-17(4-7-23(8-5-17)16(24)20-2)10-18(11)14-12-3-6-21-15(12)22-9-13(14)19(25)26-18/h3,6,9,11,25H,4-5,7-8,10H2,1-2H3,(H,20,24)(H,21,22). The van der Waals surface area contributed by atoms with Crippen LogP contribution in [-0.4, -0.2) is 53.2 Å². The number of piperidine rings is 1. The topological polar surface area (TPSA) is 90.5 Å². The first-order valence-electron chi connectivity index (χ1n) is 9.30. The van der Waals surface area contributed by atoms with Gasteiger partial charge in [-0.25, -0.2) is 9.78 Å². The Bertz CT molecular complexity index is 892. The van der Waals surface area contributed by atoms with E-state index < -0.39 is 12.7 Å². The predicted molar refractivity (Wildman–Crippen MR) is 97.9 cm³/mol. The molecule has 2 spiro atoms. The van der Waals surface area contributed by atoms with E-state index >= 15 is 0 Å². The number of nitrogens with one attached hydrogen (secondary N) is 2. The predicted octanol–water partition coefficient (Wildman–Crippen LogP) is 0.937. The molecule has 5 rings (SSSR count). The number of carbonyl (C=O) groups excluding carboxylic acids is 1. The summed E-state index contributed by atoms with van der Waals surface area (Å²) in [5.41, 5.74) is 2.44. The van der Waals surface area contributed by atoms with Gasteiger partial charge in [0.25, 0.3) is 0 Å². The number of rotatable bonds is 0. The van der Waals surface area contributed by atoms with Gasteiger partial charge in [-0.1, -0.05) is 6.92 Å². The molecule has 1 saturated carbocycles. The first kappa shape index (κ1) is 16.1. The Morgan fingerprint density at radius 2 is 2.27 bits per heavy atom. The van der Waals surface area contributed by atoms with Gasteiger partial charge in [-0.3, -0.25) is 0 Å². The summed E-state index contributed by atoms with van der Waals surface area (Å²) in [5.74, 6) is 0.276. The van der Waals surface area contributed by atoms with E-state index in [9.17, 15) is 9.82 Å². The number of hydrogen-bond acceptors (Lipinski definition) is 4. The zero-order valence-electron chi connectivity index (χ0n) is 15.1. The van der Waals surface area contributed by atoms with Crippen LogP contribution in [0.25, 0.3) is 11.0 Å². The van der Waals surface area contributed by atoms with Crippen LogP contribution in [0.2, 0.25) is 0 Å². The third-order valence-corrected chi connectivity index (χ3v) is 7.12. The lowest BCUT2D eigenvalue weighted by molar-refractivity contribution is -0.194. The highest BCUT2D eigenvalue weighted by Gasteiger charge is 2.67. The average molecular weight is 354 g/mol. The number of hydrogen-bond donors (Lipinski definition) is 3. The lowest BCUT2D eigenvalue weighted by atomic mass is 9.46. The van der Waals surface area contributed by atoms with E-state index in [1.54, 1.807) is 13.2 Å². The fourth-order valence-electron chi connectivity index (χ4n) is 5.57. The van der Waals surface area contributed by atoms with E-state index in [0.717, 1.165) is 54.4 Å². The number of carbonyl (C=O) groups is 1. The molecule has 26 heavy (non-hydrogen) atoms. The highest BCUT2D eigenvalue weighted by atomic mass is 16.5. The van der Waals surface area contributed by atoms with Crippen molar-refractivity contribution in [3.8, 4) is 0 Å². The van der Waals surface area contributed by atoms with Gasteiger partial charge in [-0.15, -0.1) is 0 Å². The first-order valence-corrected chi connectivity index (χ1v) is 9.30. The third-order valence-electron chi connectivity index (χ3n) is 7.12. The van der Waals surface area contributed by atoms with E-state index in [2.05, 4.69) is 22.2 Å². The van der Waals surface area contributed by atoms with Crippen molar-refractivity contribution < 1.29 is 14.5 Å². The van der Waals surface area contributed by atoms with Gasteiger partial charge < -0.3 is 24.9 Å². The normalized spacial score (nSPS) is 29.3. The summed E-state index contributed by atoms with van der Waals surface area (Å²) in [6.45, 7) is 3.77. The fraction of sp³-hybridized carbons (Fsp3) is 0.556. The lowest BCUT2D eigenvalue weighted by Crippen LogP contribution is -2.62. The molecule has 1 aliphatic carbocycles. The molecular formula is C18H23BN4O3. The Kier molecular flexibility index (Phi) is 3.25. The summed E-state index contributed by atoms with van der Waals surface area (Å²) < 4.78 is 6.18. The lowest BCUT2D eigenvalue weighted by Gasteiger charge is -2.63. The van der Waals surface area contributed by atoms with Gasteiger partial charge in [0.1, 0.15) is 5.65 Å². The molecule has 7 nitrogen and oxygen atoms in total. The van der Waals surface area contributed by atoms with E-state index in [1.807, 2.05) is 17.2 Å². The zero-order chi connectivity index (χ0) is 18.1. The van der Waals surface area contributed by atoms with Crippen LogP contribution >= 0.6 is 0 Å². The molecule has 2 atom stereocenters. The van der Waals surface area contributed by atoms with Gasteiger partial charge in [-0.05, 0) is 42.2 Å². The highest BCUT2D eigenvalue weighted by Crippen LogP contribution is 2.66. The van der Waals surface area contributed by atoms with Crippen LogP contribution in [0.1, 0.15) is 31.7 Å². The number of urea groups is 1. The van der Waals surface area contributed by atoms with Crippen LogP contribution in [0.15, 0.2) is 18.5 Å². The maximum absolute atomic E-state index is 11.9. The smallest absolute Gasteiger partial charge is 0.423 e.